The van der Waals surface area contributed by atoms with Gasteiger partial charge in [0.1, 0.15) is 11.4 Å². The van der Waals surface area contributed by atoms with Crippen LogP contribution in [-0.4, -0.2) is 39.9 Å². The first kappa shape index (κ1) is 13.9. The van der Waals surface area contributed by atoms with Gasteiger partial charge in [0.25, 0.3) is 0 Å². The molecule has 1 amide bonds. The van der Waals surface area contributed by atoms with Crippen LogP contribution in [0.1, 0.15) is 30.9 Å². The van der Waals surface area contributed by atoms with E-state index in [4.69, 9.17) is 9.84 Å². The minimum Gasteiger partial charge on any atom is -0.487 e. The first-order chi connectivity index (χ1) is 9.51. The monoisotopic (exact) mass is 389 g/mol. The third-order valence-corrected chi connectivity index (χ3v) is 5.12. The number of halogens is 1. The summed E-state index contributed by atoms with van der Waals surface area (Å²) in [6.45, 7) is 0.919. The summed E-state index contributed by atoms with van der Waals surface area (Å²) in [6, 6.07) is 5.75. The number of likely N-dealkylation sites (tertiary alicyclic amines) is 1. The Labute approximate surface area is 130 Å². The molecule has 6 heteroatoms. The van der Waals surface area contributed by atoms with Gasteiger partial charge in [-0.15, -0.1) is 0 Å². The van der Waals surface area contributed by atoms with Crippen LogP contribution in [0.3, 0.4) is 0 Å². The molecule has 1 spiro atoms. The number of nitrogens with zero attached hydrogens (tertiary/aromatic N) is 1. The summed E-state index contributed by atoms with van der Waals surface area (Å²) in [5, 5.41) is 19.4. The number of amides is 1. The highest BCUT2D eigenvalue weighted by atomic mass is 127. The molecule has 20 heavy (non-hydrogen) atoms. The molecule has 0 bridgehead atoms. The van der Waals surface area contributed by atoms with E-state index in [1.807, 2.05) is 18.2 Å². The quantitative estimate of drug-likeness (QED) is 0.670. The fraction of sp³-hybridized carbons (Fsp3) is 0.500. The highest BCUT2D eigenvalue weighted by Gasteiger charge is 2.44. The number of carboxylic acid groups (broad SMARTS) is 1. The number of hydrogen-bond donors (Lipinski definition) is 2. The molecule has 1 atom stereocenters. The van der Waals surface area contributed by atoms with Gasteiger partial charge in [0, 0.05) is 41.5 Å². The Morgan fingerprint density at radius 1 is 1.40 bits per heavy atom. The van der Waals surface area contributed by atoms with E-state index in [9.17, 15) is 9.90 Å². The van der Waals surface area contributed by atoms with Gasteiger partial charge in [0.05, 0.1) is 6.10 Å². The molecule has 2 heterocycles. The van der Waals surface area contributed by atoms with Crippen LogP contribution in [0, 0.1) is 3.57 Å². The average Bonchev–Trinajstić information content (AvgIpc) is 2.38. The van der Waals surface area contributed by atoms with Crippen molar-refractivity contribution in [2.75, 3.05) is 13.1 Å². The van der Waals surface area contributed by atoms with Gasteiger partial charge in [-0.05, 0) is 34.7 Å². The first-order valence-electron chi connectivity index (χ1n) is 6.64. The standard InChI is InChI=1S/C14H16INO4/c15-9-2-1-3-11-12(9)10(17)8-14(20-11)4-6-16(7-5-14)13(18)19/h1-3,10,17H,4-8H2,(H,18,19). The Morgan fingerprint density at radius 3 is 2.75 bits per heavy atom. The third kappa shape index (κ3) is 2.35. The maximum absolute atomic E-state index is 11.0. The van der Waals surface area contributed by atoms with Gasteiger partial charge in [-0.2, -0.15) is 0 Å². The van der Waals surface area contributed by atoms with E-state index >= 15 is 0 Å². The average molecular weight is 389 g/mol. The van der Waals surface area contributed by atoms with Crippen molar-refractivity contribution in [2.45, 2.75) is 31.0 Å². The zero-order valence-electron chi connectivity index (χ0n) is 10.9. The number of fused-ring (bicyclic) bond motifs is 1. The number of hydrogen-bond acceptors (Lipinski definition) is 3. The van der Waals surface area contributed by atoms with Gasteiger partial charge in [0.2, 0.25) is 0 Å². The summed E-state index contributed by atoms with van der Waals surface area (Å²) in [7, 11) is 0. The Morgan fingerprint density at radius 2 is 2.10 bits per heavy atom. The van der Waals surface area contributed by atoms with Crippen molar-refractivity contribution >= 4 is 28.7 Å². The van der Waals surface area contributed by atoms with Crippen molar-refractivity contribution < 1.29 is 19.7 Å². The Hall–Kier alpha value is -1.02. The molecular formula is C14H16INO4. The Balaban J connectivity index is 1.84. The van der Waals surface area contributed by atoms with Crippen LogP contribution in [-0.2, 0) is 0 Å². The Kier molecular flexibility index (Phi) is 3.53. The Bertz CT molecular complexity index is 540. The second-order valence-electron chi connectivity index (χ2n) is 5.43. The second kappa shape index (κ2) is 5.07. The van der Waals surface area contributed by atoms with Crippen molar-refractivity contribution in [1.82, 2.24) is 4.90 Å². The zero-order chi connectivity index (χ0) is 14.3. The van der Waals surface area contributed by atoms with E-state index < -0.39 is 17.8 Å². The molecule has 0 aromatic heterocycles. The predicted octanol–water partition coefficient (Wildman–Crippen LogP) is 2.62. The van der Waals surface area contributed by atoms with E-state index in [0.29, 0.717) is 32.4 Å². The maximum Gasteiger partial charge on any atom is 0.407 e. The summed E-state index contributed by atoms with van der Waals surface area (Å²) in [4.78, 5) is 12.4. The lowest BCUT2D eigenvalue weighted by Crippen LogP contribution is -2.51. The molecule has 1 saturated heterocycles. The second-order valence-corrected chi connectivity index (χ2v) is 6.59. The van der Waals surface area contributed by atoms with E-state index in [0.717, 1.165) is 14.9 Å². The molecule has 1 aromatic rings. The highest BCUT2D eigenvalue weighted by Crippen LogP contribution is 2.45. The summed E-state index contributed by atoms with van der Waals surface area (Å²) >= 11 is 2.20. The molecule has 2 N–H and O–H groups in total. The van der Waals surface area contributed by atoms with Crippen LogP contribution in [0.25, 0.3) is 0 Å². The minimum atomic E-state index is -0.883. The minimum absolute atomic E-state index is 0.428. The first-order valence-corrected chi connectivity index (χ1v) is 7.72. The third-order valence-electron chi connectivity index (χ3n) is 4.18. The van der Waals surface area contributed by atoms with Gasteiger partial charge in [-0.25, -0.2) is 4.79 Å². The molecule has 1 fully saturated rings. The molecule has 1 unspecified atom stereocenters. The lowest BCUT2D eigenvalue weighted by molar-refractivity contribution is -0.0505. The summed E-state index contributed by atoms with van der Waals surface area (Å²) in [6.07, 6.45) is 0.366. The van der Waals surface area contributed by atoms with E-state index in [1.54, 1.807) is 0 Å². The van der Waals surface area contributed by atoms with Gasteiger partial charge in [-0.1, -0.05) is 6.07 Å². The van der Waals surface area contributed by atoms with Gasteiger partial charge in [-0.3, -0.25) is 0 Å². The molecule has 108 valence electrons. The number of aliphatic hydroxyl groups excluding tert-OH is 1. The topological polar surface area (TPSA) is 70.0 Å². The van der Waals surface area contributed by atoms with E-state index in [1.165, 1.54) is 4.90 Å². The molecule has 1 aromatic carbocycles. The molecule has 0 aliphatic carbocycles. The molecule has 3 rings (SSSR count). The normalized spacial score (nSPS) is 24.1. The van der Waals surface area contributed by atoms with E-state index in [-0.39, 0.29) is 0 Å². The molecule has 2 aliphatic heterocycles. The SMILES string of the molecule is O=C(O)N1CCC2(CC1)CC(O)c1c(I)cccc1O2. The smallest absolute Gasteiger partial charge is 0.407 e. The number of piperidine rings is 1. The number of rotatable bonds is 0. The number of benzene rings is 1. The summed E-state index contributed by atoms with van der Waals surface area (Å²) in [5.74, 6) is 0.736. The lowest BCUT2D eigenvalue weighted by Gasteiger charge is -2.45. The van der Waals surface area contributed by atoms with Crippen molar-refractivity contribution in [3.63, 3.8) is 0 Å². The molecular weight excluding hydrogens is 373 g/mol. The molecule has 0 saturated carbocycles. The number of aliphatic hydroxyl groups is 1. The molecule has 0 radical (unpaired) electrons. The summed E-state index contributed by atoms with van der Waals surface area (Å²) < 4.78 is 7.16. The summed E-state index contributed by atoms with van der Waals surface area (Å²) in [5.41, 5.74) is 0.433. The van der Waals surface area contributed by atoms with Crippen LogP contribution in [0.5, 0.6) is 5.75 Å². The zero-order valence-corrected chi connectivity index (χ0v) is 13.0. The fourth-order valence-corrected chi connectivity index (χ4v) is 3.90. The van der Waals surface area contributed by atoms with Crippen LogP contribution >= 0.6 is 22.6 Å². The molecule has 2 aliphatic rings. The van der Waals surface area contributed by atoms with Crippen molar-refractivity contribution in [3.05, 3.63) is 27.3 Å². The van der Waals surface area contributed by atoms with Crippen molar-refractivity contribution in [2.24, 2.45) is 0 Å². The van der Waals surface area contributed by atoms with Crippen LogP contribution < -0.4 is 4.74 Å². The van der Waals surface area contributed by atoms with Crippen LogP contribution in [0.15, 0.2) is 18.2 Å². The predicted molar refractivity (Wildman–Crippen MR) is 80.9 cm³/mol. The van der Waals surface area contributed by atoms with E-state index in [2.05, 4.69) is 22.6 Å². The maximum atomic E-state index is 11.0. The largest absolute Gasteiger partial charge is 0.487 e. The highest BCUT2D eigenvalue weighted by molar-refractivity contribution is 14.1. The molecule has 5 nitrogen and oxygen atoms in total. The fourth-order valence-electron chi connectivity index (χ4n) is 3.07. The van der Waals surface area contributed by atoms with Crippen molar-refractivity contribution in [3.8, 4) is 5.75 Å². The van der Waals surface area contributed by atoms with Crippen LogP contribution in [0.2, 0.25) is 0 Å². The number of ether oxygens (including phenoxy) is 1. The van der Waals surface area contributed by atoms with Gasteiger partial charge in [0.15, 0.2) is 0 Å². The lowest BCUT2D eigenvalue weighted by atomic mass is 9.82. The van der Waals surface area contributed by atoms with Crippen molar-refractivity contribution in [1.29, 1.82) is 0 Å². The number of carbonyl (C=O) groups is 1. The van der Waals surface area contributed by atoms with Gasteiger partial charge >= 0.3 is 6.09 Å². The van der Waals surface area contributed by atoms with Crippen LogP contribution in [0.4, 0.5) is 4.79 Å². The van der Waals surface area contributed by atoms with Gasteiger partial charge < -0.3 is 19.8 Å².